The number of benzene rings is 1. The van der Waals surface area contributed by atoms with Gasteiger partial charge in [0.2, 0.25) is 0 Å². The highest BCUT2D eigenvalue weighted by Crippen LogP contribution is 2.27. The van der Waals surface area contributed by atoms with Crippen LogP contribution in [-0.2, 0) is 4.74 Å². The molecule has 1 aliphatic rings. The van der Waals surface area contributed by atoms with E-state index in [1.165, 1.54) is 0 Å². The van der Waals surface area contributed by atoms with Gasteiger partial charge in [-0.3, -0.25) is 5.10 Å². The fourth-order valence-corrected chi connectivity index (χ4v) is 2.35. The third-order valence-corrected chi connectivity index (χ3v) is 3.64. The van der Waals surface area contributed by atoms with Gasteiger partial charge in [-0.05, 0) is 12.1 Å². The molecule has 0 amide bonds. The van der Waals surface area contributed by atoms with E-state index in [1.807, 2.05) is 12.1 Å². The molecule has 1 fully saturated rings. The van der Waals surface area contributed by atoms with Crippen LogP contribution < -0.4 is 11.1 Å². The minimum Gasteiger partial charge on any atom is -0.397 e. The normalized spacial score (nSPS) is 18.6. The highest BCUT2D eigenvalue weighted by Gasteiger charge is 2.29. The lowest BCUT2D eigenvalue weighted by molar-refractivity contribution is -0.0543. The standard InChI is InChI=1S/C13H18N4O2/c14-10-5-9-7-16-17-11(9)6-12(10)15-8-13(18)1-3-19-4-2-13/h5-7,15,18H,1-4,8,14H2,(H,16,17). The van der Waals surface area contributed by atoms with E-state index in [0.717, 1.165) is 16.6 Å². The lowest BCUT2D eigenvalue weighted by Gasteiger charge is -2.32. The fraction of sp³-hybridized carbons (Fsp3) is 0.462. The maximum absolute atomic E-state index is 10.4. The first-order valence-electron chi connectivity index (χ1n) is 6.43. The van der Waals surface area contributed by atoms with Gasteiger partial charge in [0.05, 0.1) is 28.7 Å². The maximum Gasteiger partial charge on any atom is 0.0863 e. The molecule has 0 unspecified atom stereocenters. The van der Waals surface area contributed by atoms with Crippen LogP contribution in [0.4, 0.5) is 11.4 Å². The van der Waals surface area contributed by atoms with Crippen molar-refractivity contribution in [3.05, 3.63) is 18.3 Å². The predicted molar refractivity (Wildman–Crippen MR) is 74.0 cm³/mol. The number of H-pyrrole nitrogens is 1. The molecule has 0 saturated carbocycles. The molecule has 0 radical (unpaired) electrons. The summed E-state index contributed by atoms with van der Waals surface area (Å²) >= 11 is 0. The number of hydrogen-bond donors (Lipinski definition) is 4. The van der Waals surface area contributed by atoms with Crippen molar-refractivity contribution in [1.82, 2.24) is 10.2 Å². The number of aromatic nitrogens is 2. The Morgan fingerprint density at radius 3 is 3.00 bits per heavy atom. The van der Waals surface area contributed by atoms with Crippen LogP contribution in [0.3, 0.4) is 0 Å². The molecule has 1 saturated heterocycles. The van der Waals surface area contributed by atoms with Crippen molar-refractivity contribution in [2.24, 2.45) is 0 Å². The Kier molecular flexibility index (Phi) is 3.04. The number of nitrogens with zero attached hydrogens (tertiary/aromatic N) is 1. The van der Waals surface area contributed by atoms with Gasteiger partial charge in [-0.15, -0.1) is 0 Å². The summed E-state index contributed by atoms with van der Waals surface area (Å²) in [6, 6.07) is 3.79. The lowest BCUT2D eigenvalue weighted by atomic mass is 9.94. The van der Waals surface area contributed by atoms with Crippen LogP contribution in [0.2, 0.25) is 0 Å². The van der Waals surface area contributed by atoms with Crippen LogP contribution in [0, 0.1) is 0 Å². The van der Waals surface area contributed by atoms with Gasteiger partial charge in [-0.2, -0.15) is 5.10 Å². The van der Waals surface area contributed by atoms with E-state index in [0.29, 0.717) is 38.3 Å². The molecule has 0 aliphatic carbocycles. The lowest BCUT2D eigenvalue weighted by Crippen LogP contribution is -2.42. The Balaban J connectivity index is 1.75. The van der Waals surface area contributed by atoms with Gasteiger partial charge < -0.3 is 20.9 Å². The number of anilines is 2. The first-order chi connectivity index (χ1) is 9.16. The topological polar surface area (TPSA) is 96.2 Å². The summed E-state index contributed by atoms with van der Waals surface area (Å²) in [5.74, 6) is 0. The zero-order valence-electron chi connectivity index (χ0n) is 10.6. The number of rotatable bonds is 3. The molecule has 102 valence electrons. The summed E-state index contributed by atoms with van der Waals surface area (Å²) < 4.78 is 5.26. The molecule has 19 heavy (non-hydrogen) atoms. The number of aromatic amines is 1. The number of nitrogen functional groups attached to an aromatic ring is 1. The van der Waals surface area contributed by atoms with Crippen molar-refractivity contribution in [1.29, 1.82) is 0 Å². The van der Waals surface area contributed by atoms with E-state index >= 15 is 0 Å². The first kappa shape index (κ1) is 12.3. The highest BCUT2D eigenvalue weighted by molar-refractivity contribution is 5.88. The van der Waals surface area contributed by atoms with E-state index in [-0.39, 0.29) is 0 Å². The van der Waals surface area contributed by atoms with Gasteiger partial charge in [0.25, 0.3) is 0 Å². The van der Waals surface area contributed by atoms with Gasteiger partial charge in [-0.25, -0.2) is 0 Å². The van der Waals surface area contributed by atoms with Gasteiger partial charge in [0.15, 0.2) is 0 Å². The summed E-state index contributed by atoms with van der Waals surface area (Å²) in [4.78, 5) is 0. The number of fused-ring (bicyclic) bond motifs is 1. The van der Waals surface area contributed by atoms with E-state index in [9.17, 15) is 5.11 Å². The molecule has 6 heteroatoms. The van der Waals surface area contributed by atoms with Crippen LogP contribution in [-0.4, -0.2) is 40.7 Å². The van der Waals surface area contributed by atoms with Crippen molar-refractivity contribution in [3.63, 3.8) is 0 Å². The molecule has 1 aromatic carbocycles. The highest BCUT2D eigenvalue weighted by atomic mass is 16.5. The first-order valence-corrected chi connectivity index (χ1v) is 6.43. The molecule has 2 heterocycles. The molecule has 6 nitrogen and oxygen atoms in total. The van der Waals surface area contributed by atoms with Crippen molar-refractivity contribution < 1.29 is 9.84 Å². The van der Waals surface area contributed by atoms with Gasteiger partial charge in [-0.1, -0.05) is 0 Å². The zero-order valence-corrected chi connectivity index (χ0v) is 10.6. The molecular weight excluding hydrogens is 244 g/mol. The molecule has 2 aromatic rings. The van der Waals surface area contributed by atoms with Gasteiger partial charge in [0, 0.05) is 38.0 Å². The molecule has 5 N–H and O–H groups in total. The summed E-state index contributed by atoms with van der Waals surface area (Å²) in [6.07, 6.45) is 3.03. The third-order valence-electron chi connectivity index (χ3n) is 3.64. The quantitative estimate of drug-likeness (QED) is 0.621. The van der Waals surface area contributed by atoms with Crippen molar-refractivity contribution in [2.45, 2.75) is 18.4 Å². The van der Waals surface area contributed by atoms with Crippen LogP contribution >= 0.6 is 0 Å². The molecule has 1 aliphatic heterocycles. The number of nitrogens with one attached hydrogen (secondary N) is 2. The fourth-order valence-electron chi connectivity index (χ4n) is 2.35. The number of hydrogen-bond acceptors (Lipinski definition) is 5. The maximum atomic E-state index is 10.4. The van der Waals surface area contributed by atoms with Crippen molar-refractivity contribution >= 4 is 22.3 Å². The Labute approximate surface area is 110 Å². The molecule has 0 spiro atoms. The summed E-state index contributed by atoms with van der Waals surface area (Å²) in [5.41, 5.74) is 7.68. The van der Waals surface area contributed by atoms with Crippen LogP contribution in [0.25, 0.3) is 10.9 Å². The average molecular weight is 262 g/mol. The van der Waals surface area contributed by atoms with Crippen LogP contribution in [0.5, 0.6) is 0 Å². The molecule has 1 aromatic heterocycles. The Hall–Kier alpha value is -1.79. The number of nitrogens with two attached hydrogens (primary N) is 1. The van der Waals surface area contributed by atoms with Crippen LogP contribution in [0.1, 0.15) is 12.8 Å². The minimum absolute atomic E-state index is 0.472. The average Bonchev–Trinajstić information content (AvgIpc) is 2.84. The smallest absolute Gasteiger partial charge is 0.0863 e. The van der Waals surface area contributed by atoms with E-state index in [4.69, 9.17) is 10.5 Å². The summed E-state index contributed by atoms with van der Waals surface area (Å²) in [6.45, 7) is 1.68. The second-order valence-corrected chi connectivity index (χ2v) is 5.09. The third kappa shape index (κ3) is 2.50. The van der Waals surface area contributed by atoms with E-state index < -0.39 is 5.60 Å². The Morgan fingerprint density at radius 2 is 2.21 bits per heavy atom. The molecule has 0 atom stereocenters. The van der Waals surface area contributed by atoms with Gasteiger partial charge in [0.1, 0.15) is 0 Å². The number of aliphatic hydroxyl groups is 1. The number of ether oxygens (including phenoxy) is 1. The summed E-state index contributed by atoms with van der Waals surface area (Å²) in [5, 5.41) is 21.5. The minimum atomic E-state index is -0.715. The summed E-state index contributed by atoms with van der Waals surface area (Å²) in [7, 11) is 0. The second-order valence-electron chi connectivity index (χ2n) is 5.09. The monoisotopic (exact) mass is 262 g/mol. The van der Waals surface area contributed by atoms with Crippen LogP contribution in [0.15, 0.2) is 18.3 Å². The van der Waals surface area contributed by atoms with E-state index in [1.54, 1.807) is 6.20 Å². The largest absolute Gasteiger partial charge is 0.397 e. The Bertz CT molecular complexity index is 575. The SMILES string of the molecule is Nc1cc2cn[nH]c2cc1NCC1(O)CCOCC1. The second kappa shape index (κ2) is 4.71. The zero-order chi connectivity index (χ0) is 13.3. The van der Waals surface area contributed by atoms with E-state index in [2.05, 4.69) is 15.5 Å². The predicted octanol–water partition coefficient (Wildman–Crippen LogP) is 1.10. The van der Waals surface area contributed by atoms with Gasteiger partial charge >= 0.3 is 0 Å². The van der Waals surface area contributed by atoms with Crippen molar-refractivity contribution in [2.75, 3.05) is 30.8 Å². The Morgan fingerprint density at radius 1 is 1.42 bits per heavy atom. The van der Waals surface area contributed by atoms with Crippen molar-refractivity contribution in [3.8, 4) is 0 Å². The molecule has 3 rings (SSSR count). The molecule has 0 bridgehead atoms. The molecular formula is C13H18N4O2.